The Hall–Kier alpha value is -2.38. The van der Waals surface area contributed by atoms with Gasteiger partial charge in [0.25, 0.3) is 5.91 Å². The highest BCUT2D eigenvalue weighted by atomic mass is 35.5. The van der Waals surface area contributed by atoms with Crippen molar-refractivity contribution in [1.29, 1.82) is 0 Å². The number of piperidine rings is 1. The smallest absolute Gasteiger partial charge is 0.272 e. The molecular weight excluding hydrogens is 390 g/mol. The molecule has 1 saturated heterocycles. The molecule has 0 saturated carbocycles. The zero-order valence-corrected chi connectivity index (χ0v) is 17.2. The molecule has 1 aromatic heterocycles. The molecule has 0 aliphatic carbocycles. The number of fused-ring (bicyclic) bond motifs is 1. The van der Waals surface area contributed by atoms with Gasteiger partial charge in [-0.3, -0.25) is 14.3 Å². The van der Waals surface area contributed by atoms with Crippen LogP contribution < -0.4 is 5.32 Å². The van der Waals surface area contributed by atoms with Crippen molar-refractivity contribution in [1.82, 2.24) is 24.9 Å². The number of carbonyl (C=O) groups excluding carboxylic acids is 2. The van der Waals surface area contributed by atoms with E-state index in [-0.39, 0.29) is 18.4 Å². The SMILES string of the molecule is O=C(CN1CCn2nc(-c3ccc(Cl)cc3)cc2C1=O)NCCN1CCCCC1. The number of nitrogens with one attached hydrogen (secondary N) is 1. The minimum atomic E-state index is -0.157. The first-order valence-corrected chi connectivity index (χ1v) is 10.6. The first-order chi connectivity index (χ1) is 14.1. The standard InChI is InChI=1S/C21H26ClN5O2/c22-17-6-4-16(5-7-17)18-14-19-21(29)26(12-13-27(19)24-18)15-20(28)23-8-11-25-9-2-1-3-10-25/h4-7,14H,1-3,8-13,15H2,(H,23,28). The second-order valence-electron chi connectivity index (χ2n) is 7.62. The Morgan fingerprint density at radius 1 is 1.07 bits per heavy atom. The molecule has 0 spiro atoms. The van der Waals surface area contributed by atoms with Crippen LogP contribution in [0.1, 0.15) is 29.8 Å². The van der Waals surface area contributed by atoms with E-state index in [0.29, 0.717) is 30.4 Å². The van der Waals surface area contributed by atoms with Gasteiger partial charge in [-0.25, -0.2) is 0 Å². The van der Waals surface area contributed by atoms with E-state index in [1.165, 1.54) is 19.3 Å². The molecule has 0 bridgehead atoms. The van der Waals surface area contributed by atoms with Crippen LogP contribution in [0, 0.1) is 0 Å². The fourth-order valence-electron chi connectivity index (χ4n) is 3.92. The van der Waals surface area contributed by atoms with Gasteiger partial charge in [0.1, 0.15) is 5.69 Å². The lowest BCUT2D eigenvalue weighted by molar-refractivity contribution is -0.122. The number of nitrogens with zero attached hydrogens (tertiary/aromatic N) is 4. The maximum absolute atomic E-state index is 12.8. The molecule has 0 radical (unpaired) electrons. The summed E-state index contributed by atoms with van der Waals surface area (Å²) in [5.74, 6) is -0.267. The molecule has 1 fully saturated rings. The predicted molar refractivity (Wildman–Crippen MR) is 112 cm³/mol. The molecule has 1 aromatic carbocycles. The van der Waals surface area contributed by atoms with Gasteiger partial charge in [-0.2, -0.15) is 5.10 Å². The number of rotatable bonds is 6. The highest BCUT2D eigenvalue weighted by Gasteiger charge is 2.28. The third-order valence-corrected chi connectivity index (χ3v) is 5.79. The van der Waals surface area contributed by atoms with Gasteiger partial charge in [-0.1, -0.05) is 30.2 Å². The fourth-order valence-corrected chi connectivity index (χ4v) is 4.04. The fraction of sp³-hybridized carbons (Fsp3) is 0.476. The van der Waals surface area contributed by atoms with Crippen molar-refractivity contribution < 1.29 is 9.59 Å². The Bertz CT molecular complexity index is 874. The topological polar surface area (TPSA) is 70.5 Å². The van der Waals surface area contributed by atoms with Crippen molar-refractivity contribution in [2.24, 2.45) is 0 Å². The van der Waals surface area contributed by atoms with E-state index in [1.54, 1.807) is 27.8 Å². The van der Waals surface area contributed by atoms with Crippen LogP contribution in [0.2, 0.25) is 5.02 Å². The highest BCUT2D eigenvalue weighted by Crippen LogP contribution is 2.23. The molecule has 4 rings (SSSR count). The molecule has 0 atom stereocenters. The summed E-state index contributed by atoms with van der Waals surface area (Å²) in [5, 5.41) is 8.14. The molecule has 2 aromatic rings. The minimum Gasteiger partial charge on any atom is -0.353 e. The third-order valence-electron chi connectivity index (χ3n) is 5.54. The average molecular weight is 416 g/mol. The third kappa shape index (κ3) is 4.79. The number of likely N-dealkylation sites (tertiary alicyclic amines) is 1. The number of hydrogen-bond acceptors (Lipinski definition) is 4. The Balaban J connectivity index is 1.32. The van der Waals surface area contributed by atoms with Crippen molar-refractivity contribution in [3.63, 3.8) is 0 Å². The Morgan fingerprint density at radius 2 is 1.83 bits per heavy atom. The summed E-state index contributed by atoms with van der Waals surface area (Å²) in [6.07, 6.45) is 3.78. The first kappa shape index (κ1) is 19.9. The molecule has 2 aliphatic rings. The van der Waals surface area contributed by atoms with Crippen LogP contribution in [-0.4, -0.2) is 70.7 Å². The number of amides is 2. The lowest BCUT2D eigenvalue weighted by atomic mass is 10.1. The van der Waals surface area contributed by atoms with Crippen LogP contribution in [0.3, 0.4) is 0 Å². The summed E-state index contributed by atoms with van der Waals surface area (Å²) in [7, 11) is 0. The van der Waals surface area contributed by atoms with E-state index in [0.717, 1.165) is 30.9 Å². The summed E-state index contributed by atoms with van der Waals surface area (Å²) in [4.78, 5) is 29.1. The quantitative estimate of drug-likeness (QED) is 0.785. The van der Waals surface area contributed by atoms with E-state index in [4.69, 9.17) is 11.6 Å². The Labute approximate surface area is 175 Å². The van der Waals surface area contributed by atoms with Gasteiger partial charge in [0.05, 0.1) is 18.8 Å². The van der Waals surface area contributed by atoms with Crippen LogP contribution >= 0.6 is 11.6 Å². The van der Waals surface area contributed by atoms with Gasteiger partial charge in [0.15, 0.2) is 0 Å². The largest absolute Gasteiger partial charge is 0.353 e. The maximum atomic E-state index is 12.8. The van der Waals surface area contributed by atoms with Crippen LogP contribution in [0.15, 0.2) is 30.3 Å². The second-order valence-corrected chi connectivity index (χ2v) is 8.06. The van der Waals surface area contributed by atoms with E-state index < -0.39 is 0 Å². The Kier molecular flexibility index (Phi) is 6.16. The van der Waals surface area contributed by atoms with Crippen LogP contribution in [0.5, 0.6) is 0 Å². The number of benzene rings is 1. The van der Waals surface area contributed by atoms with Crippen LogP contribution in [0.4, 0.5) is 0 Å². The maximum Gasteiger partial charge on any atom is 0.272 e. The summed E-state index contributed by atoms with van der Waals surface area (Å²) in [5.41, 5.74) is 2.16. The molecule has 8 heteroatoms. The number of halogens is 1. The van der Waals surface area contributed by atoms with Crippen molar-refractivity contribution in [2.45, 2.75) is 25.8 Å². The monoisotopic (exact) mass is 415 g/mol. The molecule has 7 nitrogen and oxygen atoms in total. The molecule has 2 amide bonds. The lowest BCUT2D eigenvalue weighted by Crippen LogP contribution is -2.47. The van der Waals surface area contributed by atoms with Gasteiger partial charge >= 0.3 is 0 Å². The lowest BCUT2D eigenvalue weighted by Gasteiger charge is -2.28. The molecule has 0 unspecified atom stereocenters. The summed E-state index contributed by atoms with van der Waals surface area (Å²) in [6.45, 7) is 4.86. The van der Waals surface area contributed by atoms with E-state index in [2.05, 4.69) is 15.3 Å². The summed E-state index contributed by atoms with van der Waals surface area (Å²) in [6, 6.07) is 9.16. The second kappa shape index (κ2) is 8.97. The molecule has 154 valence electrons. The number of carbonyl (C=O) groups is 2. The molecule has 1 N–H and O–H groups in total. The highest BCUT2D eigenvalue weighted by molar-refractivity contribution is 6.30. The van der Waals surface area contributed by atoms with Gasteiger partial charge in [0.2, 0.25) is 5.91 Å². The van der Waals surface area contributed by atoms with Gasteiger partial charge in [0, 0.05) is 30.2 Å². The predicted octanol–water partition coefficient (Wildman–Crippen LogP) is 2.26. The van der Waals surface area contributed by atoms with Gasteiger partial charge in [-0.05, 0) is 44.1 Å². The van der Waals surface area contributed by atoms with Crippen LogP contribution in [-0.2, 0) is 11.3 Å². The molecular formula is C21H26ClN5O2. The van der Waals surface area contributed by atoms with Crippen molar-refractivity contribution in [3.8, 4) is 11.3 Å². The normalized spacial score (nSPS) is 17.3. The van der Waals surface area contributed by atoms with Gasteiger partial charge in [-0.15, -0.1) is 0 Å². The van der Waals surface area contributed by atoms with E-state index >= 15 is 0 Å². The zero-order chi connectivity index (χ0) is 20.2. The van der Waals surface area contributed by atoms with Crippen molar-refractivity contribution in [3.05, 3.63) is 41.0 Å². The molecule has 3 heterocycles. The first-order valence-electron chi connectivity index (χ1n) is 10.2. The van der Waals surface area contributed by atoms with Crippen molar-refractivity contribution >= 4 is 23.4 Å². The van der Waals surface area contributed by atoms with Gasteiger partial charge < -0.3 is 15.1 Å². The summed E-state index contributed by atoms with van der Waals surface area (Å²) < 4.78 is 1.72. The van der Waals surface area contributed by atoms with E-state index in [9.17, 15) is 9.59 Å². The summed E-state index contributed by atoms with van der Waals surface area (Å²) >= 11 is 5.94. The Morgan fingerprint density at radius 3 is 2.59 bits per heavy atom. The number of hydrogen-bond donors (Lipinski definition) is 1. The zero-order valence-electron chi connectivity index (χ0n) is 16.4. The minimum absolute atomic E-state index is 0.0836. The average Bonchev–Trinajstić information content (AvgIpc) is 3.17. The van der Waals surface area contributed by atoms with Crippen molar-refractivity contribution in [2.75, 3.05) is 39.3 Å². The number of aromatic nitrogens is 2. The molecule has 2 aliphatic heterocycles. The van der Waals surface area contributed by atoms with E-state index in [1.807, 2.05) is 12.1 Å². The molecule has 29 heavy (non-hydrogen) atoms. The van der Waals surface area contributed by atoms with Crippen LogP contribution in [0.25, 0.3) is 11.3 Å².